The van der Waals surface area contributed by atoms with Crippen molar-refractivity contribution in [2.75, 3.05) is 25.4 Å². The molecule has 0 bridgehead atoms. The smallest absolute Gasteiger partial charge is 0.322 e. The molecule has 0 radical (unpaired) electrons. The summed E-state index contributed by atoms with van der Waals surface area (Å²) in [7, 11) is 2.73. The topological polar surface area (TPSA) is 389 Å². The lowest BCUT2D eigenvalue weighted by Crippen LogP contribution is -2.62. The predicted octanol–water partition coefficient (Wildman–Crippen LogP) is 0.767. The summed E-state index contributed by atoms with van der Waals surface area (Å²) in [6.45, 7) is 2.70. The molecule has 6 rings (SSSR count). The van der Waals surface area contributed by atoms with Gasteiger partial charge in [-0.15, -0.1) is 0 Å². The number of nitrogens with zero attached hydrogens (tertiary/aromatic N) is 2. The number of aliphatic imine (C=N–C) groups is 1. The van der Waals surface area contributed by atoms with E-state index < -0.39 is 125 Å². The lowest BCUT2D eigenvalue weighted by atomic mass is 9.76. The van der Waals surface area contributed by atoms with Crippen LogP contribution < -0.4 is 54.4 Å². The third-order valence-corrected chi connectivity index (χ3v) is 19.1. The molecule has 26 heteroatoms. The normalized spacial score (nSPS) is 24.0. The number of carboxylic acid groups (broad SMARTS) is 1. The van der Waals surface area contributed by atoms with E-state index in [1.165, 1.54) is 38.6 Å². The van der Waals surface area contributed by atoms with Gasteiger partial charge in [0.1, 0.15) is 54.6 Å². The molecule has 9 amide bonds. The fraction of sp³-hybridized carbons (Fsp3) is 0.589. The minimum Gasteiger partial charge on any atom is -0.508 e. The van der Waals surface area contributed by atoms with Crippen molar-refractivity contribution in [2.45, 2.75) is 164 Å². The number of aliphatic carboxylic acids is 1. The van der Waals surface area contributed by atoms with Gasteiger partial charge in [-0.2, -0.15) is 0 Å². The van der Waals surface area contributed by atoms with E-state index in [0.717, 1.165) is 51.4 Å². The molecule has 24 nitrogen and oxygen atoms in total. The van der Waals surface area contributed by atoms with E-state index >= 15 is 9.59 Å². The number of benzene rings is 2. The van der Waals surface area contributed by atoms with Gasteiger partial charge in [-0.05, 0) is 92.4 Å². The Balaban J connectivity index is 1.40. The van der Waals surface area contributed by atoms with E-state index in [1.807, 2.05) is 0 Å². The third-order valence-electron chi connectivity index (χ3n) is 15.7. The number of likely N-dealkylation sites (tertiary alicyclic amines) is 1. The monoisotopic (exact) mass is 1180 g/mol. The summed E-state index contributed by atoms with van der Waals surface area (Å²) < 4.78 is -0.753. The first kappa shape index (κ1) is 64.1. The molecule has 2 aromatic carbocycles. The van der Waals surface area contributed by atoms with E-state index in [2.05, 4.69) is 42.2 Å². The lowest BCUT2D eigenvalue weighted by molar-refractivity contribution is -0.142. The Labute approximate surface area is 485 Å². The van der Waals surface area contributed by atoms with Gasteiger partial charge in [0.25, 0.3) is 0 Å². The van der Waals surface area contributed by atoms with Crippen LogP contribution in [0.1, 0.15) is 115 Å². The van der Waals surface area contributed by atoms with Crippen LogP contribution in [0.3, 0.4) is 0 Å². The minimum absolute atomic E-state index is 0.00165. The first-order valence-electron chi connectivity index (χ1n) is 28.2. The van der Waals surface area contributed by atoms with Crippen molar-refractivity contribution in [3.05, 3.63) is 65.7 Å². The van der Waals surface area contributed by atoms with Crippen molar-refractivity contribution < 1.29 is 58.2 Å². The molecule has 15 N–H and O–H groups in total. The minimum atomic E-state index is -1.68. The number of carbonyl (C=O) groups excluding carboxylic acids is 9. The van der Waals surface area contributed by atoms with Gasteiger partial charge in [0.05, 0.1) is 6.42 Å². The number of primary amides is 1. The van der Waals surface area contributed by atoms with Gasteiger partial charge >= 0.3 is 5.97 Å². The number of phenols is 1. The summed E-state index contributed by atoms with van der Waals surface area (Å²) in [5, 5.41) is 38.4. The Hall–Kier alpha value is -7.09. The highest BCUT2D eigenvalue weighted by Crippen LogP contribution is 2.57. The SMILES string of the molecule is CC(C)[C@@H]1NC(=O)[C@H](Cc2ccccc2)NC(=O)[C@@H](Cc2ccc(O)cc2)NC(=O)CC(C2CCCC2)(C2CCCC2)SSC[C@@H](C(=O)N2CCC[C@@H]2C(=O)N[C@@H](CCCN=C(N)N)C(=O)NCC(=O)O)NC(=O)[C@H](CC(N)=O)NC1=O. The molecule has 448 valence electrons. The lowest BCUT2D eigenvalue weighted by Gasteiger charge is -2.43. The van der Waals surface area contributed by atoms with Gasteiger partial charge in [-0.3, -0.25) is 52.9 Å². The number of rotatable bonds is 19. The number of amides is 9. The molecular weight excluding hydrogens is 1100 g/mol. The molecule has 0 unspecified atom stereocenters. The Kier molecular flexibility index (Phi) is 24.1. The molecular formula is C56H80N12O12S2. The summed E-state index contributed by atoms with van der Waals surface area (Å²) in [6, 6.07) is 5.68. The molecule has 2 saturated carbocycles. The summed E-state index contributed by atoms with van der Waals surface area (Å²) in [5.74, 6) is -9.15. The molecule has 2 aliphatic heterocycles. The zero-order chi connectivity index (χ0) is 59.5. The van der Waals surface area contributed by atoms with Gasteiger partial charge in [0.2, 0.25) is 53.2 Å². The number of carboxylic acids is 1. The molecule has 0 aromatic heterocycles. The maximum Gasteiger partial charge on any atom is 0.322 e. The fourth-order valence-corrected chi connectivity index (χ4v) is 15.3. The average molecular weight is 1180 g/mol. The molecule has 2 aliphatic carbocycles. The van der Waals surface area contributed by atoms with Gasteiger partial charge in [0.15, 0.2) is 5.96 Å². The maximum absolute atomic E-state index is 15.2. The molecule has 2 aromatic rings. The molecule has 2 heterocycles. The fourth-order valence-electron chi connectivity index (χ4n) is 11.5. The Morgan fingerprint density at radius 3 is 1.93 bits per heavy atom. The summed E-state index contributed by atoms with van der Waals surface area (Å²) in [5.41, 5.74) is 17.9. The maximum atomic E-state index is 15.2. The quantitative estimate of drug-likeness (QED) is 0.0400. The van der Waals surface area contributed by atoms with Crippen LogP contribution in [0.15, 0.2) is 59.6 Å². The predicted molar refractivity (Wildman–Crippen MR) is 309 cm³/mol. The van der Waals surface area contributed by atoms with Crippen molar-refractivity contribution in [2.24, 2.45) is 39.9 Å². The van der Waals surface area contributed by atoms with Crippen LogP contribution >= 0.6 is 21.6 Å². The standard InChI is InChI=1S/C56H80N12O12S2/c1-32(2)47-53(79)65-41(28-44(57)70)50(76)66-42(54(80)68-25-11-19-43(68)52(78)63-38(18-10-24-60-55(58)59)48(74)61-30-46(72)73)31-81-82-56(35-14-6-7-15-35,36-16-8-9-17-36)29-45(71)62-39(27-34-20-22-37(69)23-21-34)49(75)64-40(51(77)67-47)26-33-12-4-3-5-13-33/h3-5,12-13,20-23,32,35-36,38-43,47,69H,6-11,14-19,24-31H2,1-2H3,(H2,57,70)(H,61,74)(H,62,71)(H,63,78)(H,64,75)(H,65,79)(H,66,76)(H,67,77)(H,72,73)(H4,58,59,60)/t38-,39+,40-,41-,42-,43+,47-/m0/s1. The van der Waals surface area contributed by atoms with Crippen LogP contribution in [0.4, 0.5) is 0 Å². The second-order valence-electron chi connectivity index (χ2n) is 22.0. The zero-order valence-corrected chi connectivity index (χ0v) is 48.2. The van der Waals surface area contributed by atoms with Crippen LogP contribution in [-0.4, -0.2) is 153 Å². The third kappa shape index (κ3) is 18.5. The van der Waals surface area contributed by atoms with Crippen molar-refractivity contribution in [1.82, 2.24) is 42.1 Å². The number of nitrogens with one attached hydrogen (secondary N) is 7. The van der Waals surface area contributed by atoms with E-state index in [4.69, 9.17) is 17.2 Å². The Bertz CT molecular complexity index is 2600. The molecule has 4 aliphatic rings. The Morgan fingerprint density at radius 2 is 1.33 bits per heavy atom. The van der Waals surface area contributed by atoms with Crippen LogP contribution in [0.5, 0.6) is 5.75 Å². The van der Waals surface area contributed by atoms with Crippen molar-refractivity contribution in [3.8, 4) is 5.75 Å². The number of carbonyl (C=O) groups is 10. The van der Waals surface area contributed by atoms with Crippen molar-refractivity contribution >= 4 is 86.7 Å². The van der Waals surface area contributed by atoms with Crippen LogP contribution in [0.2, 0.25) is 0 Å². The number of nitrogens with two attached hydrogens (primary N) is 3. The highest BCUT2D eigenvalue weighted by molar-refractivity contribution is 8.77. The Morgan fingerprint density at radius 1 is 0.744 bits per heavy atom. The van der Waals surface area contributed by atoms with E-state index in [0.29, 0.717) is 17.5 Å². The summed E-state index contributed by atoms with van der Waals surface area (Å²) in [6.07, 6.45) is 6.81. The number of hydrogen-bond acceptors (Lipinski definition) is 14. The van der Waals surface area contributed by atoms with E-state index in [-0.39, 0.29) is 80.9 Å². The average Bonchev–Trinajstić information content (AvgIpc) is 4.31. The molecule has 4 fully saturated rings. The number of hydrogen-bond donors (Lipinski definition) is 12. The van der Waals surface area contributed by atoms with Crippen LogP contribution in [0.25, 0.3) is 0 Å². The van der Waals surface area contributed by atoms with Gasteiger partial charge in [0, 0.05) is 42.9 Å². The van der Waals surface area contributed by atoms with Gasteiger partial charge < -0.3 is 69.5 Å². The molecule has 0 spiro atoms. The highest BCUT2D eigenvalue weighted by atomic mass is 33.1. The summed E-state index contributed by atoms with van der Waals surface area (Å²) >= 11 is 0. The van der Waals surface area contributed by atoms with Gasteiger partial charge in [-0.1, -0.05) is 104 Å². The largest absolute Gasteiger partial charge is 0.508 e. The van der Waals surface area contributed by atoms with Gasteiger partial charge in [-0.25, -0.2) is 0 Å². The number of guanidine groups is 1. The highest BCUT2D eigenvalue weighted by Gasteiger charge is 2.50. The molecule has 2 saturated heterocycles. The first-order valence-corrected chi connectivity index (χ1v) is 30.5. The number of aromatic hydroxyl groups is 1. The van der Waals surface area contributed by atoms with E-state index in [1.54, 1.807) is 56.3 Å². The van der Waals surface area contributed by atoms with Crippen molar-refractivity contribution in [1.29, 1.82) is 0 Å². The van der Waals surface area contributed by atoms with E-state index in [9.17, 15) is 48.6 Å². The first-order chi connectivity index (χ1) is 39.1. The molecule has 82 heavy (non-hydrogen) atoms. The van der Waals surface area contributed by atoms with Crippen LogP contribution in [-0.2, 0) is 60.8 Å². The number of phenolic OH excluding ortho intramolecular Hbond substituents is 1. The van der Waals surface area contributed by atoms with Crippen LogP contribution in [0, 0.1) is 17.8 Å². The molecule has 7 atom stereocenters. The summed E-state index contributed by atoms with van der Waals surface area (Å²) in [4.78, 5) is 146. The zero-order valence-electron chi connectivity index (χ0n) is 46.5. The van der Waals surface area contributed by atoms with Crippen molar-refractivity contribution in [3.63, 3.8) is 0 Å². The second kappa shape index (κ2) is 30.8. The second-order valence-corrected chi connectivity index (χ2v) is 24.7.